The molecule has 0 bridgehead atoms. The largest absolute Gasteiger partial charge is 0.388 e. The highest BCUT2D eigenvalue weighted by Crippen LogP contribution is 2.24. The highest BCUT2D eigenvalue weighted by Gasteiger charge is 2.42. The van der Waals surface area contributed by atoms with Crippen LogP contribution in [0.25, 0.3) is 0 Å². The summed E-state index contributed by atoms with van der Waals surface area (Å²) in [5.74, 6) is -0.0304. The molecule has 0 aromatic carbocycles. The highest BCUT2D eigenvalue weighted by molar-refractivity contribution is 5.86. The Morgan fingerprint density at radius 2 is 1.94 bits per heavy atom. The van der Waals surface area contributed by atoms with Gasteiger partial charge in [-0.25, -0.2) is 0 Å². The molecule has 16 heavy (non-hydrogen) atoms. The van der Waals surface area contributed by atoms with Gasteiger partial charge in [0.05, 0.1) is 16.7 Å². The van der Waals surface area contributed by atoms with Crippen LogP contribution in [-0.2, 0) is 4.79 Å². The van der Waals surface area contributed by atoms with Gasteiger partial charge >= 0.3 is 0 Å². The lowest BCUT2D eigenvalue weighted by Crippen LogP contribution is -2.63. The lowest BCUT2D eigenvalue weighted by Gasteiger charge is -2.40. The van der Waals surface area contributed by atoms with Crippen molar-refractivity contribution in [2.45, 2.75) is 64.1 Å². The van der Waals surface area contributed by atoms with Crippen LogP contribution in [-0.4, -0.2) is 34.2 Å². The van der Waals surface area contributed by atoms with Crippen LogP contribution < -0.4 is 10.6 Å². The molecule has 0 aliphatic carbocycles. The molecular weight excluding hydrogens is 204 g/mol. The summed E-state index contributed by atoms with van der Waals surface area (Å²) in [5.41, 5.74) is -2.07. The van der Waals surface area contributed by atoms with E-state index in [1.165, 1.54) is 0 Å². The van der Waals surface area contributed by atoms with Gasteiger partial charge in [0.2, 0.25) is 5.91 Å². The summed E-state index contributed by atoms with van der Waals surface area (Å²) in [6.07, 6.45) is 1.87. The van der Waals surface area contributed by atoms with Crippen molar-refractivity contribution in [3.05, 3.63) is 0 Å². The summed E-state index contributed by atoms with van der Waals surface area (Å²) in [5, 5.41) is 16.1. The van der Waals surface area contributed by atoms with Crippen LogP contribution in [0.5, 0.6) is 0 Å². The average Bonchev–Trinajstić information content (AvgIpc) is 2.50. The van der Waals surface area contributed by atoms with Crippen molar-refractivity contribution >= 4 is 5.91 Å². The van der Waals surface area contributed by atoms with E-state index < -0.39 is 16.7 Å². The van der Waals surface area contributed by atoms with Gasteiger partial charge in [-0.1, -0.05) is 0 Å². The molecule has 4 nitrogen and oxygen atoms in total. The van der Waals surface area contributed by atoms with E-state index in [4.69, 9.17) is 0 Å². The van der Waals surface area contributed by atoms with E-state index >= 15 is 0 Å². The summed E-state index contributed by atoms with van der Waals surface area (Å²) >= 11 is 0. The van der Waals surface area contributed by atoms with E-state index in [2.05, 4.69) is 10.6 Å². The van der Waals surface area contributed by atoms with Crippen LogP contribution in [0.4, 0.5) is 0 Å². The maximum absolute atomic E-state index is 12.1. The third-order valence-corrected chi connectivity index (χ3v) is 3.83. The van der Waals surface area contributed by atoms with Crippen molar-refractivity contribution in [3.63, 3.8) is 0 Å². The molecule has 1 aliphatic rings. The molecule has 1 aliphatic heterocycles. The Labute approximate surface area is 97.8 Å². The van der Waals surface area contributed by atoms with Crippen molar-refractivity contribution in [3.8, 4) is 0 Å². The number of rotatable bonds is 3. The minimum atomic E-state index is -0.947. The second-order valence-electron chi connectivity index (χ2n) is 6.00. The summed E-state index contributed by atoms with van der Waals surface area (Å²) in [7, 11) is 0. The van der Waals surface area contributed by atoms with Gasteiger partial charge in [-0.3, -0.25) is 4.79 Å². The minimum Gasteiger partial charge on any atom is -0.388 e. The maximum atomic E-state index is 12.1. The normalized spacial score (nSPS) is 26.9. The predicted molar refractivity (Wildman–Crippen MR) is 64.2 cm³/mol. The van der Waals surface area contributed by atoms with E-state index in [0.29, 0.717) is 0 Å². The van der Waals surface area contributed by atoms with Gasteiger partial charge in [0.1, 0.15) is 0 Å². The third kappa shape index (κ3) is 2.55. The Balaban J connectivity index is 2.71. The second-order valence-corrected chi connectivity index (χ2v) is 6.00. The fourth-order valence-electron chi connectivity index (χ4n) is 1.66. The van der Waals surface area contributed by atoms with Gasteiger partial charge in [0.25, 0.3) is 0 Å². The molecule has 1 fully saturated rings. The Morgan fingerprint density at radius 1 is 1.38 bits per heavy atom. The molecule has 1 rings (SSSR count). The van der Waals surface area contributed by atoms with Crippen LogP contribution in [0.2, 0.25) is 0 Å². The Kier molecular flexibility index (Phi) is 3.37. The molecule has 0 saturated carbocycles. The number of carbonyl (C=O) groups excluding carboxylic acids is 1. The van der Waals surface area contributed by atoms with Gasteiger partial charge in [-0.05, 0) is 54.0 Å². The van der Waals surface area contributed by atoms with Crippen molar-refractivity contribution in [2.24, 2.45) is 0 Å². The van der Waals surface area contributed by atoms with Crippen LogP contribution in [0.15, 0.2) is 0 Å². The van der Waals surface area contributed by atoms with Crippen molar-refractivity contribution in [2.75, 3.05) is 6.54 Å². The van der Waals surface area contributed by atoms with Gasteiger partial charge < -0.3 is 15.7 Å². The first kappa shape index (κ1) is 13.5. The molecule has 1 amide bonds. The van der Waals surface area contributed by atoms with E-state index in [9.17, 15) is 9.90 Å². The lowest BCUT2D eigenvalue weighted by molar-refractivity contribution is -0.131. The van der Waals surface area contributed by atoms with E-state index in [1.807, 2.05) is 20.8 Å². The molecule has 94 valence electrons. The number of amides is 1. The standard InChI is InChI=1S/C12H24N2O2/c1-10(2,11(3,4)16)14-9(15)12(5)7-6-8-13-12/h13,16H,6-8H2,1-5H3,(H,14,15). The number of hydrogen-bond acceptors (Lipinski definition) is 3. The monoisotopic (exact) mass is 228 g/mol. The highest BCUT2D eigenvalue weighted by atomic mass is 16.3. The smallest absolute Gasteiger partial charge is 0.240 e. The zero-order valence-electron chi connectivity index (χ0n) is 11.0. The fraction of sp³-hybridized carbons (Fsp3) is 0.917. The van der Waals surface area contributed by atoms with Crippen molar-refractivity contribution < 1.29 is 9.90 Å². The topological polar surface area (TPSA) is 61.4 Å². The number of hydrogen-bond donors (Lipinski definition) is 3. The molecule has 0 spiro atoms. The Morgan fingerprint density at radius 3 is 2.31 bits per heavy atom. The molecule has 1 atom stereocenters. The molecule has 3 N–H and O–H groups in total. The SMILES string of the molecule is CC1(C(=O)NC(C)(C)C(C)(C)O)CCCN1. The van der Waals surface area contributed by atoms with Crippen LogP contribution >= 0.6 is 0 Å². The molecule has 0 radical (unpaired) electrons. The number of aliphatic hydroxyl groups is 1. The van der Waals surface area contributed by atoms with Gasteiger partial charge in [0, 0.05) is 0 Å². The van der Waals surface area contributed by atoms with Crippen molar-refractivity contribution in [1.29, 1.82) is 0 Å². The van der Waals surface area contributed by atoms with Gasteiger partial charge in [-0.2, -0.15) is 0 Å². The quantitative estimate of drug-likeness (QED) is 0.669. The lowest BCUT2D eigenvalue weighted by atomic mass is 9.84. The molecule has 0 aromatic rings. The van der Waals surface area contributed by atoms with Crippen molar-refractivity contribution in [1.82, 2.24) is 10.6 Å². The molecule has 0 aromatic heterocycles. The van der Waals surface area contributed by atoms with Crippen LogP contribution in [0.3, 0.4) is 0 Å². The summed E-state index contributed by atoms with van der Waals surface area (Å²) in [6, 6.07) is 0. The van der Waals surface area contributed by atoms with Gasteiger partial charge in [0.15, 0.2) is 0 Å². The maximum Gasteiger partial charge on any atom is 0.240 e. The Bertz CT molecular complexity index is 273. The number of carbonyl (C=O) groups is 1. The summed E-state index contributed by atoms with van der Waals surface area (Å²) in [6.45, 7) is 9.88. The predicted octanol–water partition coefficient (Wildman–Crippen LogP) is 0.794. The van der Waals surface area contributed by atoms with E-state index in [1.54, 1.807) is 13.8 Å². The second kappa shape index (κ2) is 4.00. The zero-order valence-corrected chi connectivity index (χ0v) is 11.0. The van der Waals surface area contributed by atoms with Crippen LogP contribution in [0, 0.1) is 0 Å². The zero-order chi connectivity index (χ0) is 12.6. The van der Waals surface area contributed by atoms with Crippen LogP contribution in [0.1, 0.15) is 47.5 Å². The molecule has 1 unspecified atom stereocenters. The van der Waals surface area contributed by atoms with E-state index in [-0.39, 0.29) is 5.91 Å². The molecule has 4 heteroatoms. The van der Waals surface area contributed by atoms with Gasteiger partial charge in [-0.15, -0.1) is 0 Å². The average molecular weight is 228 g/mol. The molecule has 1 heterocycles. The summed E-state index contributed by atoms with van der Waals surface area (Å²) in [4.78, 5) is 12.1. The van der Waals surface area contributed by atoms with E-state index in [0.717, 1.165) is 19.4 Å². The summed E-state index contributed by atoms with van der Waals surface area (Å²) < 4.78 is 0. The molecule has 1 saturated heterocycles. The Hall–Kier alpha value is -0.610. The first-order valence-corrected chi connectivity index (χ1v) is 5.88. The minimum absolute atomic E-state index is 0.0304. The fourth-order valence-corrected chi connectivity index (χ4v) is 1.66. The third-order valence-electron chi connectivity index (χ3n) is 3.83. The first-order valence-electron chi connectivity index (χ1n) is 5.88. The number of nitrogens with one attached hydrogen (secondary N) is 2. The first-order chi connectivity index (χ1) is 7.08. The molecular formula is C12H24N2O2.